The van der Waals surface area contributed by atoms with E-state index in [4.69, 9.17) is 9.47 Å². The number of hydrogen-bond donors (Lipinski definition) is 0. The number of hydrogen-bond acceptors (Lipinski definition) is 2. The standard InChI is InChI=1S/C31H40O2/c1-21(2)15-25-17-27(11-13-29(25)32-19-23(5)6)31(9,10)28-12-14-30(33-20-24(7)8)26(18-28)16-22(3)4/h11-14,17-18H,1,3,5,7,15-16,19-20H2,2,4,6,8-10H3. The molecule has 2 aromatic rings. The Hall–Kier alpha value is -3.00. The van der Waals surface area contributed by atoms with Crippen molar-refractivity contribution < 1.29 is 9.47 Å². The largest absolute Gasteiger partial charge is 0.489 e. The lowest BCUT2D eigenvalue weighted by molar-refractivity contribution is 0.348. The normalized spacial score (nSPS) is 11.1. The summed E-state index contributed by atoms with van der Waals surface area (Å²) in [5.74, 6) is 1.79. The van der Waals surface area contributed by atoms with Crippen LogP contribution in [-0.2, 0) is 18.3 Å². The van der Waals surface area contributed by atoms with Crippen LogP contribution in [0.2, 0.25) is 0 Å². The summed E-state index contributed by atoms with van der Waals surface area (Å²) in [6, 6.07) is 13.0. The van der Waals surface area contributed by atoms with Gasteiger partial charge in [-0.3, -0.25) is 0 Å². The summed E-state index contributed by atoms with van der Waals surface area (Å²) in [6.07, 6.45) is 1.56. The highest BCUT2D eigenvalue weighted by atomic mass is 16.5. The van der Waals surface area contributed by atoms with E-state index in [1.54, 1.807) is 0 Å². The molecular weight excluding hydrogens is 404 g/mol. The monoisotopic (exact) mass is 444 g/mol. The van der Waals surface area contributed by atoms with Crippen molar-refractivity contribution in [2.45, 2.75) is 59.8 Å². The van der Waals surface area contributed by atoms with E-state index in [-0.39, 0.29) is 5.41 Å². The van der Waals surface area contributed by atoms with Crippen molar-refractivity contribution in [3.8, 4) is 11.5 Å². The molecule has 2 nitrogen and oxygen atoms in total. The predicted molar refractivity (Wildman–Crippen MR) is 143 cm³/mol. The van der Waals surface area contributed by atoms with Crippen LogP contribution in [0.15, 0.2) is 85.0 Å². The molecule has 0 saturated heterocycles. The molecule has 0 saturated carbocycles. The molecule has 33 heavy (non-hydrogen) atoms. The van der Waals surface area contributed by atoms with Crippen LogP contribution < -0.4 is 9.47 Å². The number of allylic oxidation sites excluding steroid dienone is 2. The highest BCUT2D eigenvalue weighted by Gasteiger charge is 2.25. The van der Waals surface area contributed by atoms with Gasteiger partial charge >= 0.3 is 0 Å². The van der Waals surface area contributed by atoms with Crippen LogP contribution in [0, 0.1) is 0 Å². The second-order valence-corrected chi connectivity index (χ2v) is 10.0. The van der Waals surface area contributed by atoms with E-state index in [0.29, 0.717) is 13.2 Å². The van der Waals surface area contributed by atoms with Gasteiger partial charge in [0.15, 0.2) is 0 Å². The average Bonchev–Trinajstić information content (AvgIpc) is 2.70. The van der Waals surface area contributed by atoms with Crippen molar-refractivity contribution in [3.63, 3.8) is 0 Å². The zero-order chi connectivity index (χ0) is 24.8. The van der Waals surface area contributed by atoms with Crippen LogP contribution in [0.4, 0.5) is 0 Å². The van der Waals surface area contributed by atoms with E-state index in [1.807, 2.05) is 27.7 Å². The first-order valence-electron chi connectivity index (χ1n) is 11.5. The van der Waals surface area contributed by atoms with Gasteiger partial charge in [-0.05, 0) is 86.1 Å². The lowest BCUT2D eigenvalue weighted by Gasteiger charge is -2.28. The smallest absolute Gasteiger partial charge is 0.123 e. The van der Waals surface area contributed by atoms with Gasteiger partial charge in [0.2, 0.25) is 0 Å². The summed E-state index contributed by atoms with van der Waals surface area (Å²) in [5, 5.41) is 0. The Balaban J connectivity index is 2.48. The second-order valence-electron chi connectivity index (χ2n) is 10.0. The van der Waals surface area contributed by atoms with Crippen molar-refractivity contribution >= 4 is 0 Å². The lowest BCUT2D eigenvalue weighted by atomic mass is 9.76. The van der Waals surface area contributed by atoms with E-state index < -0.39 is 0 Å². The van der Waals surface area contributed by atoms with Gasteiger partial charge in [0.1, 0.15) is 24.7 Å². The lowest BCUT2D eigenvalue weighted by Crippen LogP contribution is -2.20. The van der Waals surface area contributed by atoms with Crippen LogP contribution in [0.3, 0.4) is 0 Å². The van der Waals surface area contributed by atoms with Crippen LogP contribution >= 0.6 is 0 Å². The Kier molecular flexibility index (Phi) is 8.93. The maximum atomic E-state index is 6.02. The summed E-state index contributed by atoms with van der Waals surface area (Å²) < 4.78 is 12.0. The minimum Gasteiger partial charge on any atom is -0.489 e. The molecule has 0 fully saturated rings. The van der Waals surface area contributed by atoms with Crippen molar-refractivity contribution in [2.75, 3.05) is 13.2 Å². The van der Waals surface area contributed by atoms with Gasteiger partial charge in [-0.1, -0.05) is 75.6 Å². The highest BCUT2D eigenvalue weighted by molar-refractivity contribution is 5.49. The Morgan fingerprint density at radius 3 is 1.30 bits per heavy atom. The average molecular weight is 445 g/mol. The van der Waals surface area contributed by atoms with E-state index in [9.17, 15) is 0 Å². The maximum Gasteiger partial charge on any atom is 0.123 e. The second kappa shape index (κ2) is 11.2. The van der Waals surface area contributed by atoms with E-state index in [1.165, 1.54) is 11.1 Å². The summed E-state index contributed by atoms with van der Waals surface area (Å²) >= 11 is 0. The fourth-order valence-electron chi connectivity index (χ4n) is 3.71. The van der Waals surface area contributed by atoms with Crippen LogP contribution in [-0.4, -0.2) is 13.2 Å². The molecule has 0 aliphatic rings. The van der Waals surface area contributed by atoms with Gasteiger partial charge in [0.05, 0.1) is 0 Å². The SMILES string of the molecule is C=C(C)COc1ccc(C(C)(C)c2ccc(OCC(=C)C)c(CC(=C)C)c2)cc1CC(=C)C. The van der Waals surface area contributed by atoms with Crippen molar-refractivity contribution in [1.29, 1.82) is 0 Å². The molecule has 2 aromatic carbocycles. The molecule has 0 aliphatic heterocycles. The molecule has 0 radical (unpaired) electrons. The molecule has 0 unspecified atom stereocenters. The molecule has 0 atom stereocenters. The Morgan fingerprint density at radius 1 is 0.636 bits per heavy atom. The molecule has 0 N–H and O–H groups in total. The molecule has 0 aromatic heterocycles. The predicted octanol–water partition coefficient (Wildman–Crippen LogP) is 8.16. The molecule has 0 heterocycles. The Morgan fingerprint density at radius 2 is 1.00 bits per heavy atom. The van der Waals surface area contributed by atoms with Gasteiger partial charge in [-0.2, -0.15) is 0 Å². The molecule has 0 amide bonds. The molecule has 0 bridgehead atoms. The molecular formula is C31H40O2. The quantitative estimate of drug-likeness (QED) is 0.307. The van der Waals surface area contributed by atoms with Gasteiger partial charge in [-0.15, -0.1) is 0 Å². The molecule has 176 valence electrons. The number of rotatable bonds is 12. The first kappa shape index (κ1) is 26.3. The third-order valence-electron chi connectivity index (χ3n) is 5.50. The summed E-state index contributed by atoms with van der Waals surface area (Å²) in [7, 11) is 0. The summed E-state index contributed by atoms with van der Waals surface area (Å²) in [4.78, 5) is 0. The molecule has 2 rings (SSSR count). The van der Waals surface area contributed by atoms with Gasteiger partial charge < -0.3 is 9.47 Å². The summed E-state index contributed by atoms with van der Waals surface area (Å²) in [6.45, 7) is 29.7. The van der Waals surface area contributed by atoms with Crippen molar-refractivity contribution in [1.82, 2.24) is 0 Å². The maximum absolute atomic E-state index is 6.02. The fourth-order valence-corrected chi connectivity index (χ4v) is 3.71. The molecule has 0 spiro atoms. The number of benzene rings is 2. The third kappa shape index (κ3) is 7.53. The van der Waals surface area contributed by atoms with Crippen LogP contribution in [0.5, 0.6) is 11.5 Å². The Labute approximate surface area is 201 Å². The topological polar surface area (TPSA) is 18.5 Å². The summed E-state index contributed by atoms with van der Waals surface area (Å²) in [5.41, 5.74) is 8.78. The van der Waals surface area contributed by atoms with E-state index in [2.05, 4.69) is 76.6 Å². The Bertz CT molecular complexity index is 969. The minimum atomic E-state index is -0.201. The zero-order valence-electron chi connectivity index (χ0n) is 21.4. The first-order chi connectivity index (χ1) is 15.4. The van der Waals surface area contributed by atoms with E-state index in [0.717, 1.165) is 57.8 Å². The zero-order valence-corrected chi connectivity index (χ0v) is 21.4. The third-order valence-corrected chi connectivity index (χ3v) is 5.50. The minimum absolute atomic E-state index is 0.201. The van der Waals surface area contributed by atoms with Crippen LogP contribution in [0.1, 0.15) is 63.8 Å². The first-order valence-corrected chi connectivity index (χ1v) is 11.5. The van der Waals surface area contributed by atoms with Gasteiger partial charge in [0.25, 0.3) is 0 Å². The number of ether oxygens (including phenoxy) is 2. The van der Waals surface area contributed by atoms with E-state index >= 15 is 0 Å². The molecule has 2 heteroatoms. The molecule has 0 aliphatic carbocycles. The highest BCUT2D eigenvalue weighted by Crippen LogP contribution is 2.37. The van der Waals surface area contributed by atoms with Crippen LogP contribution in [0.25, 0.3) is 0 Å². The van der Waals surface area contributed by atoms with Gasteiger partial charge in [-0.25, -0.2) is 0 Å². The fraction of sp³-hybridized carbons (Fsp3) is 0.355. The van der Waals surface area contributed by atoms with Gasteiger partial charge in [0, 0.05) is 5.41 Å². The van der Waals surface area contributed by atoms with Crippen molar-refractivity contribution in [2.24, 2.45) is 0 Å². The van der Waals surface area contributed by atoms with Crippen molar-refractivity contribution in [3.05, 3.63) is 107 Å².